The van der Waals surface area contributed by atoms with Gasteiger partial charge in [0.25, 0.3) is 0 Å². The molecule has 0 radical (unpaired) electrons. The van der Waals surface area contributed by atoms with Gasteiger partial charge in [-0.2, -0.15) is 13.2 Å². The highest BCUT2D eigenvalue weighted by molar-refractivity contribution is 7.89. The molecule has 0 bridgehead atoms. The van der Waals surface area contributed by atoms with Crippen molar-refractivity contribution in [1.82, 2.24) is 9.62 Å². The fraction of sp³-hybridized carbons (Fsp3) is 0.333. The molecule has 132 valence electrons. The SMILES string of the molecule is CN(C)C(CNS(=O)(=O)c1ccc(C(F)(F)F)cc1)c1ccco1. The molecule has 1 heterocycles. The van der Waals surface area contributed by atoms with Crippen LogP contribution in [0.2, 0.25) is 0 Å². The molecule has 0 spiro atoms. The minimum Gasteiger partial charge on any atom is -0.468 e. The van der Waals surface area contributed by atoms with Crippen LogP contribution in [0.5, 0.6) is 0 Å². The second-order valence-corrected chi connectivity index (χ2v) is 7.14. The van der Waals surface area contributed by atoms with E-state index in [1.54, 1.807) is 31.1 Å². The Morgan fingerprint density at radius 3 is 2.25 bits per heavy atom. The first-order valence-corrected chi connectivity index (χ1v) is 8.46. The molecule has 0 saturated carbocycles. The second-order valence-electron chi connectivity index (χ2n) is 5.37. The van der Waals surface area contributed by atoms with Crippen LogP contribution in [-0.4, -0.2) is 34.0 Å². The summed E-state index contributed by atoms with van der Waals surface area (Å²) in [6.07, 6.45) is -3.03. The molecule has 0 fully saturated rings. The number of sulfonamides is 1. The van der Waals surface area contributed by atoms with Crippen molar-refractivity contribution in [3.05, 3.63) is 54.0 Å². The number of furan rings is 1. The highest BCUT2D eigenvalue weighted by Crippen LogP contribution is 2.29. The van der Waals surface area contributed by atoms with Crippen LogP contribution in [0.15, 0.2) is 52.0 Å². The number of rotatable bonds is 6. The number of nitrogens with zero attached hydrogens (tertiary/aromatic N) is 1. The highest BCUT2D eigenvalue weighted by atomic mass is 32.2. The number of halogens is 3. The monoisotopic (exact) mass is 362 g/mol. The summed E-state index contributed by atoms with van der Waals surface area (Å²) in [7, 11) is -0.401. The van der Waals surface area contributed by atoms with Gasteiger partial charge in [0.15, 0.2) is 0 Å². The van der Waals surface area contributed by atoms with Crippen molar-refractivity contribution >= 4 is 10.0 Å². The first-order valence-electron chi connectivity index (χ1n) is 6.98. The van der Waals surface area contributed by atoms with Crippen LogP contribution in [0.3, 0.4) is 0 Å². The van der Waals surface area contributed by atoms with Gasteiger partial charge in [-0.15, -0.1) is 0 Å². The molecular formula is C15H17F3N2O3S. The number of hydrogen-bond acceptors (Lipinski definition) is 4. The lowest BCUT2D eigenvalue weighted by Crippen LogP contribution is -2.34. The van der Waals surface area contributed by atoms with Crippen molar-refractivity contribution in [2.24, 2.45) is 0 Å². The predicted molar refractivity (Wildman–Crippen MR) is 81.8 cm³/mol. The molecule has 0 amide bonds. The van der Waals surface area contributed by atoms with E-state index in [0.29, 0.717) is 5.76 Å². The topological polar surface area (TPSA) is 62.6 Å². The molecule has 24 heavy (non-hydrogen) atoms. The van der Waals surface area contributed by atoms with Gasteiger partial charge < -0.3 is 4.42 Å². The third-order valence-electron chi connectivity index (χ3n) is 3.45. The van der Waals surface area contributed by atoms with Crippen LogP contribution in [0, 0.1) is 0 Å². The van der Waals surface area contributed by atoms with Gasteiger partial charge in [0.05, 0.1) is 22.8 Å². The average Bonchev–Trinajstić information content (AvgIpc) is 3.00. The number of benzene rings is 1. The molecule has 5 nitrogen and oxygen atoms in total. The summed E-state index contributed by atoms with van der Waals surface area (Å²) in [5.41, 5.74) is -0.900. The Bertz CT molecular complexity index is 754. The van der Waals surface area contributed by atoms with Crippen molar-refractivity contribution < 1.29 is 26.0 Å². The van der Waals surface area contributed by atoms with Gasteiger partial charge >= 0.3 is 6.18 Å². The largest absolute Gasteiger partial charge is 0.468 e. The van der Waals surface area contributed by atoms with Crippen LogP contribution in [0.1, 0.15) is 17.4 Å². The molecule has 0 aliphatic carbocycles. The zero-order chi connectivity index (χ0) is 18.0. The summed E-state index contributed by atoms with van der Waals surface area (Å²) in [5.74, 6) is 0.579. The molecule has 1 N–H and O–H groups in total. The zero-order valence-corrected chi connectivity index (χ0v) is 13.9. The summed E-state index contributed by atoms with van der Waals surface area (Å²) >= 11 is 0. The van der Waals surface area contributed by atoms with Crippen LogP contribution in [0.25, 0.3) is 0 Å². The first-order chi connectivity index (χ1) is 11.1. The Kier molecular flexibility index (Phi) is 5.36. The molecule has 2 aromatic rings. The molecule has 1 unspecified atom stereocenters. The number of alkyl halides is 3. The average molecular weight is 362 g/mol. The van der Waals surface area contributed by atoms with Crippen molar-refractivity contribution in [3.63, 3.8) is 0 Å². The summed E-state index contributed by atoms with van der Waals surface area (Å²) in [4.78, 5) is 1.54. The third kappa shape index (κ3) is 4.37. The quantitative estimate of drug-likeness (QED) is 0.858. The van der Waals surface area contributed by atoms with E-state index in [1.807, 2.05) is 0 Å². The van der Waals surface area contributed by atoms with Gasteiger partial charge in [0, 0.05) is 6.54 Å². The normalized spacial score (nSPS) is 14.1. The molecular weight excluding hydrogens is 345 g/mol. The standard InChI is InChI=1S/C15H17F3N2O3S/c1-20(2)13(14-4-3-9-23-14)10-19-24(21,22)12-7-5-11(6-8-12)15(16,17)18/h3-9,13,19H,10H2,1-2H3. The van der Waals surface area contributed by atoms with Crippen LogP contribution in [0.4, 0.5) is 13.2 Å². The number of likely N-dealkylation sites (N-methyl/N-ethyl adjacent to an activating group) is 1. The molecule has 0 aliphatic rings. The van der Waals surface area contributed by atoms with Crippen molar-refractivity contribution in [2.45, 2.75) is 17.1 Å². The Hall–Kier alpha value is -1.84. The lowest BCUT2D eigenvalue weighted by Gasteiger charge is -2.22. The Labute approximate surface area is 138 Å². The van der Waals surface area contributed by atoms with Crippen molar-refractivity contribution in [1.29, 1.82) is 0 Å². The Morgan fingerprint density at radius 1 is 1.17 bits per heavy atom. The fourth-order valence-corrected chi connectivity index (χ4v) is 3.15. The van der Waals surface area contributed by atoms with Gasteiger partial charge in [0.1, 0.15) is 5.76 Å². The van der Waals surface area contributed by atoms with E-state index in [-0.39, 0.29) is 17.5 Å². The van der Waals surface area contributed by atoms with Crippen LogP contribution < -0.4 is 4.72 Å². The zero-order valence-electron chi connectivity index (χ0n) is 13.0. The summed E-state index contributed by atoms with van der Waals surface area (Å²) in [6.45, 7) is 0.0177. The summed E-state index contributed by atoms with van der Waals surface area (Å²) < 4.78 is 69.8. The van der Waals surface area contributed by atoms with E-state index in [2.05, 4.69) is 4.72 Å². The summed E-state index contributed by atoms with van der Waals surface area (Å²) in [5, 5.41) is 0. The van der Waals surface area contributed by atoms with Gasteiger partial charge in [-0.3, -0.25) is 4.90 Å². The number of hydrogen-bond donors (Lipinski definition) is 1. The first kappa shape index (κ1) is 18.5. The Balaban J connectivity index is 2.13. The second kappa shape index (κ2) is 6.96. The lowest BCUT2D eigenvalue weighted by molar-refractivity contribution is -0.137. The number of nitrogens with one attached hydrogen (secondary N) is 1. The smallest absolute Gasteiger partial charge is 0.416 e. The molecule has 0 aliphatic heterocycles. The van der Waals surface area contributed by atoms with Crippen molar-refractivity contribution in [3.8, 4) is 0 Å². The van der Waals surface area contributed by atoms with Gasteiger partial charge in [0.2, 0.25) is 10.0 Å². The molecule has 1 aromatic carbocycles. The van der Waals surface area contributed by atoms with Crippen LogP contribution in [-0.2, 0) is 16.2 Å². The maximum Gasteiger partial charge on any atom is 0.416 e. The lowest BCUT2D eigenvalue weighted by atomic mass is 10.2. The minimum atomic E-state index is -4.51. The van der Waals surface area contributed by atoms with E-state index in [0.717, 1.165) is 24.3 Å². The van der Waals surface area contributed by atoms with Crippen LogP contribution >= 0.6 is 0 Å². The predicted octanol–water partition coefficient (Wildman–Crippen LogP) is 2.88. The minimum absolute atomic E-state index is 0.0177. The molecule has 2 rings (SSSR count). The van der Waals surface area contributed by atoms with E-state index in [4.69, 9.17) is 4.42 Å². The van der Waals surface area contributed by atoms with E-state index in [9.17, 15) is 21.6 Å². The fourth-order valence-electron chi connectivity index (χ4n) is 2.11. The van der Waals surface area contributed by atoms with E-state index in [1.165, 1.54) is 6.26 Å². The Morgan fingerprint density at radius 2 is 1.79 bits per heavy atom. The van der Waals surface area contributed by atoms with Crippen molar-refractivity contribution in [2.75, 3.05) is 20.6 Å². The van der Waals surface area contributed by atoms with Gasteiger partial charge in [-0.05, 0) is 50.5 Å². The molecule has 1 aromatic heterocycles. The van der Waals surface area contributed by atoms with E-state index < -0.39 is 21.8 Å². The maximum absolute atomic E-state index is 12.5. The van der Waals surface area contributed by atoms with Gasteiger partial charge in [-0.25, -0.2) is 13.1 Å². The third-order valence-corrected chi connectivity index (χ3v) is 4.89. The maximum atomic E-state index is 12.5. The van der Waals surface area contributed by atoms with E-state index >= 15 is 0 Å². The summed E-state index contributed by atoms with van der Waals surface area (Å²) in [6, 6.07) is 6.41. The molecule has 9 heteroatoms. The molecule has 0 saturated heterocycles. The highest BCUT2D eigenvalue weighted by Gasteiger charge is 2.30. The molecule has 1 atom stereocenters. The van der Waals surface area contributed by atoms with Gasteiger partial charge in [-0.1, -0.05) is 0 Å².